The summed E-state index contributed by atoms with van der Waals surface area (Å²) in [7, 11) is 0. The van der Waals surface area contributed by atoms with E-state index in [9.17, 15) is 4.79 Å². The second kappa shape index (κ2) is 8.68. The molecule has 0 aliphatic rings. The van der Waals surface area contributed by atoms with Crippen molar-refractivity contribution in [2.24, 2.45) is 0 Å². The van der Waals surface area contributed by atoms with E-state index in [0.29, 0.717) is 16.9 Å². The number of hydrogen-bond acceptors (Lipinski definition) is 4. The van der Waals surface area contributed by atoms with Crippen molar-refractivity contribution in [1.82, 2.24) is 4.98 Å². The molecule has 2 rings (SSSR count). The van der Waals surface area contributed by atoms with Gasteiger partial charge in [0.05, 0.1) is 23.5 Å². The highest BCUT2D eigenvalue weighted by molar-refractivity contribution is 6.02. The zero-order valence-corrected chi connectivity index (χ0v) is 14.1. The molecule has 0 saturated heterocycles. The van der Waals surface area contributed by atoms with Gasteiger partial charge in [-0.15, -0.1) is 0 Å². The first kappa shape index (κ1) is 17.5. The van der Waals surface area contributed by atoms with Crippen LogP contribution in [0.1, 0.15) is 42.7 Å². The Morgan fingerprint density at radius 3 is 2.29 bits per heavy atom. The molecule has 0 unspecified atom stereocenters. The van der Waals surface area contributed by atoms with Crippen molar-refractivity contribution in [3.8, 4) is 6.07 Å². The predicted octanol–water partition coefficient (Wildman–Crippen LogP) is 3.83. The monoisotopic (exact) mass is 322 g/mol. The van der Waals surface area contributed by atoms with Gasteiger partial charge in [0.25, 0.3) is 5.91 Å². The summed E-state index contributed by atoms with van der Waals surface area (Å²) in [5.74, 6) is -0.260. The van der Waals surface area contributed by atoms with Crippen molar-refractivity contribution >= 4 is 17.3 Å². The van der Waals surface area contributed by atoms with Crippen molar-refractivity contribution in [2.45, 2.75) is 26.7 Å². The van der Waals surface area contributed by atoms with Gasteiger partial charge in [-0.2, -0.15) is 5.26 Å². The van der Waals surface area contributed by atoms with Gasteiger partial charge in [-0.25, -0.2) is 4.98 Å². The quantitative estimate of drug-likeness (QED) is 0.841. The molecule has 1 heterocycles. The van der Waals surface area contributed by atoms with E-state index in [-0.39, 0.29) is 5.91 Å². The van der Waals surface area contributed by atoms with Crippen LogP contribution in [0, 0.1) is 11.3 Å². The van der Waals surface area contributed by atoms with E-state index in [1.807, 2.05) is 12.1 Å². The molecule has 0 radical (unpaired) electrons. The first-order valence-electron chi connectivity index (χ1n) is 8.20. The van der Waals surface area contributed by atoms with E-state index in [1.54, 1.807) is 36.5 Å². The average molecular weight is 322 g/mol. The van der Waals surface area contributed by atoms with Crippen LogP contribution in [0.15, 0.2) is 42.6 Å². The third-order valence-corrected chi connectivity index (χ3v) is 3.60. The van der Waals surface area contributed by atoms with Crippen LogP contribution in [0.5, 0.6) is 0 Å². The Kier molecular flexibility index (Phi) is 6.32. The Bertz CT molecular complexity index is 696. The number of pyridine rings is 1. The van der Waals surface area contributed by atoms with Crippen LogP contribution < -0.4 is 10.2 Å². The number of nitrogens with one attached hydrogen (secondary N) is 1. The number of amides is 1. The molecule has 124 valence electrons. The minimum absolute atomic E-state index is 0.260. The Balaban J connectivity index is 2.05. The molecule has 24 heavy (non-hydrogen) atoms. The van der Waals surface area contributed by atoms with Gasteiger partial charge in [-0.05, 0) is 49.2 Å². The van der Waals surface area contributed by atoms with Gasteiger partial charge in [0.15, 0.2) is 0 Å². The van der Waals surface area contributed by atoms with E-state index in [0.717, 1.165) is 31.6 Å². The lowest BCUT2D eigenvalue weighted by Gasteiger charge is -2.23. The van der Waals surface area contributed by atoms with Crippen LogP contribution in [0.25, 0.3) is 0 Å². The molecule has 0 aliphatic carbocycles. The zero-order valence-electron chi connectivity index (χ0n) is 14.1. The molecule has 1 amide bonds. The SMILES string of the molecule is CCCN(CCC)c1ccc(C(=O)Nc2ccc(C#N)cc2)nc1. The standard InChI is InChI=1S/C19H22N4O/c1-3-11-23(12-4-2)17-9-10-18(21-14-17)19(24)22-16-7-5-15(13-20)6-8-16/h5-10,14H,3-4,11-12H2,1-2H3,(H,22,24). The second-order valence-corrected chi connectivity index (χ2v) is 5.53. The first-order chi connectivity index (χ1) is 11.7. The highest BCUT2D eigenvalue weighted by Gasteiger charge is 2.10. The van der Waals surface area contributed by atoms with E-state index >= 15 is 0 Å². The largest absolute Gasteiger partial charge is 0.370 e. The number of nitriles is 1. The molecule has 0 fully saturated rings. The third kappa shape index (κ3) is 4.56. The highest BCUT2D eigenvalue weighted by Crippen LogP contribution is 2.15. The van der Waals surface area contributed by atoms with Gasteiger partial charge in [-0.3, -0.25) is 4.79 Å². The summed E-state index contributed by atoms with van der Waals surface area (Å²) in [6.07, 6.45) is 3.89. The third-order valence-electron chi connectivity index (χ3n) is 3.60. The summed E-state index contributed by atoms with van der Waals surface area (Å²) in [4.78, 5) is 18.8. The number of aromatic nitrogens is 1. The van der Waals surface area contributed by atoms with Crippen LogP contribution in [-0.4, -0.2) is 24.0 Å². The number of nitrogens with zero attached hydrogens (tertiary/aromatic N) is 3. The topological polar surface area (TPSA) is 69.0 Å². The molecule has 0 saturated carbocycles. The van der Waals surface area contributed by atoms with Gasteiger partial charge in [0, 0.05) is 18.8 Å². The van der Waals surface area contributed by atoms with Crippen LogP contribution in [0.2, 0.25) is 0 Å². The van der Waals surface area contributed by atoms with Crippen molar-refractivity contribution in [3.05, 3.63) is 53.9 Å². The fourth-order valence-electron chi connectivity index (χ4n) is 2.44. The van der Waals surface area contributed by atoms with Crippen LogP contribution in [-0.2, 0) is 0 Å². The molecule has 0 bridgehead atoms. The average Bonchev–Trinajstić information content (AvgIpc) is 2.62. The van der Waals surface area contributed by atoms with Gasteiger partial charge in [-0.1, -0.05) is 13.8 Å². The Labute approximate surface area is 142 Å². The lowest BCUT2D eigenvalue weighted by Crippen LogP contribution is -2.25. The maximum absolute atomic E-state index is 12.2. The summed E-state index contributed by atoms with van der Waals surface area (Å²) in [6, 6.07) is 12.5. The van der Waals surface area contributed by atoms with E-state index in [1.165, 1.54) is 0 Å². The number of carbonyl (C=O) groups is 1. The lowest BCUT2D eigenvalue weighted by molar-refractivity contribution is 0.102. The summed E-state index contributed by atoms with van der Waals surface area (Å²) in [6.45, 7) is 6.25. The Morgan fingerprint density at radius 1 is 1.12 bits per heavy atom. The molecule has 0 spiro atoms. The van der Waals surface area contributed by atoms with Crippen molar-refractivity contribution in [3.63, 3.8) is 0 Å². The number of rotatable bonds is 7. The molecular weight excluding hydrogens is 300 g/mol. The molecule has 0 atom stereocenters. The molecule has 1 aromatic carbocycles. The second-order valence-electron chi connectivity index (χ2n) is 5.53. The van der Waals surface area contributed by atoms with E-state index in [4.69, 9.17) is 5.26 Å². The lowest BCUT2D eigenvalue weighted by atomic mass is 10.2. The highest BCUT2D eigenvalue weighted by atomic mass is 16.1. The Hall–Kier alpha value is -2.87. The molecule has 5 nitrogen and oxygen atoms in total. The van der Waals surface area contributed by atoms with E-state index < -0.39 is 0 Å². The minimum Gasteiger partial charge on any atom is -0.370 e. The van der Waals surface area contributed by atoms with Crippen LogP contribution in [0.3, 0.4) is 0 Å². The predicted molar refractivity (Wildman–Crippen MR) is 96.1 cm³/mol. The van der Waals surface area contributed by atoms with Crippen molar-refractivity contribution in [2.75, 3.05) is 23.3 Å². The van der Waals surface area contributed by atoms with Gasteiger partial charge in [0.1, 0.15) is 5.69 Å². The van der Waals surface area contributed by atoms with Crippen LogP contribution >= 0.6 is 0 Å². The molecular formula is C19H22N4O. The molecule has 0 aliphatic heterocycles. The maximum atomic E-state index is 12.2. The molecule has 1 aromatic heterocycles. The minimum atomic E-state index is -0.260. The van der Waals surface area contributed by atoms with Crippen molar-refractivity contribution < 1.29 is 4.79 Å². The summed E-state index contributed by atoms with van der Waals surface area (Å²) in [5.41, 5.74) is 2.61. The maximum Gasteiger partial charge on any atom is 0.274 e. The number of carbonyl (C=O) groups excluding carboxylic acids is 1. The van der Waals surface area contributed by atoms with Crippen molar-refractivity contribution in [1.29, 1.82) is 5.26 Å². The fraction of sp³-hybridized carbons (Fsp3) is 0.316. The Morgan fingerprint density at radius 2 is 1.79 bits per heavy atom. The summed E-state index contributed by atoms with van der Waals surface area (Å²) < 4.78 is 0. The molecule has 5 heteroatoms. The van der Waals surface area contributed by atoms with Gasteiger partial charge < -0.3 is 10.2 Å². The summed E-state index contributed by atoms with van der Waals surface area (Å²) in [5, 5.41) is 11.6. The van der Waals surface area contributed by atoms with Gasteiger partial charge >= 0.3 is 0 Å². The smallest absolute Gasteiger partial charge is 0.274 e. The number of anilines is 2. The van der Waals surface area contributed by atoms with E-state index in [2.05, 4.69) is 29.0 Å². The number of benzene rings is 1. The fourth-order valence-corrected chi connectivity index (χ4v) is 2.44. The molecule has 1 N–H and O–H groups in total. The normalized spacial score (nSPS) is 10.0. The number of hydrogen-bond donors (Lipinski definition) is 1. The zero-order chi connectivity index (χ0) is 17.4. The first-order valence-corrected chi connectivity index (χ1v) is 8.20. The van der Waals surface area contributed by atoms with Gasteiger partial charge in [0.2, 0.25) is 0 Å². The van der Waals surface area contributed by atoms with Crippen LogP contribution in [0.4, 0.5) is 11.4 Å². The molecule has 2 aromatic rings. The summed E-state index contributed by atoms with van der Waals surface area (Å²) >= 11 is 0.